The summed E-state index contributed by atoms with van der Waals surface area (Å²) in [6.07, 6.45) is 0.166. The molecular formula is C17H24FNO4. The standard InChI is InChI=1S/C15H20FNO2.C2H4O2/c1-10(11-5-3-2-4-6-11)17-14-8-7-12(15(18)19)9-13(14)16;1-2(3)4/h2-6,10,12-14,17H,7-9H2,1H3,(H,18,19);1H3,(H,3,4)/t10-,12-,13+,14-;/m1./s1. The van der Waals surface area contributed by atoms with Crippen LogP contribution in [0.4, 0.5) is 4.39 Å². The maximum atomic E-state index is 14.0. The minimum absolute atomic E-state index is 0.0748. The largest absolute Gasteiger partial charge is 0.481 e. The summed E-state index contributed by atoms with van der Waals surface area (Å²) < 4.78 is 14.0. The van der Waals surface area contributed by atoms with Gasteiger partial charge in [0.25, 0.3) is 5.97 Å². The molecule has 0 heterocycles. The van der Waals surface area contributed by atoms with Crippen LogP contribution >= 0.6 is 0 Å². The Labute approximate surface area is 135 Å². The van der Waals surface area contributed by atoms with Gasteiger partial charge in [-0.3, -0.25) is 9.59 Å². The van der Waals surface area contributed by atoms with Crippen LogP contribution in [0.5, 0.6) is 0 Å². The van der Waals surface area contributed by atoms with Gasteiger partial charge in [0.2, 0.25) is 0 Å². The molecule has 23 heavy (non-hydrogen) atoms. The summed E-state index contributed by atoms with van der Waals surface area (Å²) in [5, 5.41) is 19.6. The van der Waals surface area contributed by atoms with Crippen molar-refractivity contribution in [1.82, 2.24) is 5.32 Å². The molecule has 0 aliphatic heterocycles. The van der Waals surface area contributed by atoms with E-state index in [1.165, 1.54) is 0 Å². The van der Waals surface area contributed by atoms with E-state index in [0.717, 1.165) is 12.5 Å². The summed E-state index contributed by atoms with van der Waals surface area (Å²) >= 11 is 0. The van der Waals surface area contributed by atoms with Crippen LogP contribution < -0.4 is 5.32 Å². The molecule has 128 valence electrons. The number of halogens is 1. The molecule has 1 saturated carbocycles. The number of alkyl halides is 1. The maximum absolute atomic E-state index is 14.0. The van der Waals surface area contributed by atoms with Crippen LogP contribution in [-0.4, -0.2) is 34.4 Å². The second kappa shape index (κ2) is 9.25. The summed E-state index contributed by atoms with van der Waals surface area (Å²) in [7, 11) is 0. The van der Waals surface area contributed by atoms with Crippen LogP contribution in [0.2, 0.25) is 0 Å². The molecule has 4 atom stereocenters. The Bertz CT molecular complexity index is 505. The number of carboxylic acids is 2. The Hall–Kier alpha value is -1.95. The van der Waals surface area contributed by atoms with E-state index in [1.54, 1.807) is 0 Å². The van der Waals surface area contributed by atoms with Crippen LogP contribution in [0, 0.1) is 5.92 Å². The van der Waals surface area contributed by atoms with E-state index in [2.05, 4.69) is 5.32 Å². The van der Waals surface area contributed by atoms with E-state index in [9.17, 15) is 9.18 Å². The van der Waals surface area contributed by atoms with Crippen molar-refractivity contribution < 1.29 is 24.2 Å². The summed E-state index contributed by atoms with van der Waals surface area (Å²) in [5.41, 5.74) is 1.12. The van der Waals surface area contributed by atoms with Gasteiger partial charge in [0, 0.05) is 19.0 Å². The number of carbonyl (C=O) groups is 2. The molecule has 0 amide bonds. The summed E-state index contributed by atoms with van der Waals surface area (Å²) in [5.74, 6) is -2.24. The van der Waals surface area contributed by atoms with Crippen molar-refractivity contribution in [2.45, 2.75) is 51.4 Å². The molecule has 0 bridgehead atoms. The SMILES string of the molecule is CC(=O)O.C[C@@H](N[C@@H]1CC[C@@H](C(=O)O)C[C@@H]1F)c1ccccc1. The van der Waals surface area contributed by atoms with Crippen LogP contribution in [0.1, 0.15) is 44.7 Å². The first-order chi connectivity index (χ1) is 10.8. The zero-order chi connectivity index (χ0) is 17.4. The van der Waals surface area contributed by atoms with E-state index >= 15 is 0 Å². The molecule has 0 spiro atoms. The average molecular weight is 325 g/mol. The van der Waals surface area contributed by atoms with Crippen LogP contribution in [0.15, 0.2) is 30.3 Å². The van der Waals surface area contributed by atoms with Gasteiger partial charge < -0.3 is 15.5 Å². The first-order valence-electron chi connectivity index (χ1n) is 7.68. The highest BCUT2D eigenvalue weighted by Crippen LogP contribution is 2.28. The van der Waals surface area contributed by atoms with Crippen LogP contribution in [0.25, 0.3) is 0 Å². The molecule has 0 saturated heterocycles. The van der Waals surface area contributed by atoms with Crippen molar-refractivity contribution in [3.63, 3.8) is 0 Å². The first kappa shape index (κ1) is 19.1. The zero-order valence-corrected chi connectivity index (χ0v) is 13.4. The Morgan fingerprint density at radius 1 is 1.22 bits per heavy atom. The van der Waals surface area contributed by atoms with E-state index in [1.807, 2.05) is 37.3 Å². The maximum Gasteiger partial charge on any atom is 0.306 e. The first-order valence-corrected chi connectivity index (χ1v) is 7.68. The van der Waals surface area contributed by atoms with E-state index in [4.69, 9.17) is 15.0 Å². The van der Waals surface area contributed by atoms with Gasteiger partial charge in [-0.15, -0.1) is 0 Å². The molecule has 1 fully saturated rings. The van der Waals surface area contributed by atoms with Crippen molar-refractivity contribution in [3.05, 3.63) is 35.9 Å². The third kappa shape index (κ3) is 6.78. The lowest BCUT2D eigenvalue weighted by molar-refractivity contribution is -0.143. The van der Waals surface area contributed by atoms with Gasteiger partial charge in [0.15, 0.2) is 0 Å². The number of carboxylic acid groups (broad SMARTS) is 2. The summed E-state index contributed by atoms with van der Waals surface area (Å²) in [4.78, 5) is 19.9. The fraction of sp³-hybridized carbons (Fsp3) is 0.529. The average Bonchev–Trinajstić information content (AvgIpc) is 2.49. The van der Waals surface area contributed by atoms with Gasteiger partial charge in [0.1, 0.15) is 6.17 Å². The smallest absolute Gasteiger partial charge is 0.306 e. The number of hydrogen-bond donors (Lipinski definition) is 3. The third-order valence-corrected chi connectivity index (χ3v) is 3.89. The molecule has 6 heteroatoms. The fourth-order valence-electron chi connectivity index (χ4n) is 2.69. The van der Waals surface area contributed by atoms with Gasteiger partial charge in [-0.2, -0.15) is 0 Å². The van der Waals surface area contributed by atoms with Gasteiger partial charge in [-0.1, -0.05) is 30.3 Å². The van der Waals surface area contributed by atoms with E-state index in [-0.39, 0.29) is 18.5 Å². The van der Waals surface area contributed by atoms with Crippen LogP contribution in [0.3, 0.4) is 0 Å². The molecule has 1 aromatic rings. The molecule has 5 nitrogen and oxygen atoms in total. The predicted octanol–water partition coefficient (Wildman–Crippen LogP) is 3.02. The summed E-state index contributed by atoms with van der Waals surface area (Å²) in [6, 6.07) is 9.72. The molecule has 1 aliphatic carbocycles. The fourth-order valence-corrected chi connectivity index (χ4v) is 2.69. The molecule has 2 rings (SSSR count). The minimum atomic E-state index is -1.08. The highest BCUT2D eigenvalue weighted by molar-refractivity contribution is 5.70. The third-order valence-electron chi connectivity index (χ3n) is 3.89. The molecule has 0 aromatic heterocycles. The van der Waals surface area contributed by atoms with Crippen molar-refractivity contribution in [2.24, 2.45) is 5.92 Å². The Kier molecular flexibility index (Phi) is 7.68. The lowest BCUT2D eigenvalue weighted by Crippen LogP contribution is -2.44. The second-order valence-corrected chi connectivity index (χ2v) is 5.79. The zero-order valence-electron chi connectivity index (χ0n) is 13.4. The highest BCUT2D eigenvalue weighted by Gasteiger charge is 2.34. The minimum Gasteiger partial charge on any atom is -0.481 e. The monoisotopic (exact) mass is 325 g/mol. The number of hydrogen-bond acceptors (Lipinski definition) is 3. The van der Waals surface area contributed by atoms with Crippen molar-refractivity contribution in [1.29, 1.82) is 0 Å². The van der Waals surface area contributed by atoms with E-state index in [0.29, 0.717) is 12.8 Å². The van der Waals surface area contributed by atoms with Gasteiger partial charge in [-0.25, -0.2) is 4.39 Å². The molecule has 3 N–H and O–H groups in total. The lowest BCUT2D eigenvalue weighted by atomic mass is 9.84. The van der Waals surface area contributed by atoms with Crippen molar-refractivity contribution in [2.75, 3.05) is 0 Å². The number of aliphatic carboxylic acids is 2. The molecule has 1 aromatic carbocycles. The topological polar surface area (TPSA) is 86.6 Å². The Balaban J connectivity index is 0.000000593. The molecule has 1 aliphatic rings. The molecule has 0 unspecified atom stereocenters. The highest BCUT2D eigenvalue weighted by atomic mass is 19.1. The normalized spacial score (nSPS) is 24.9. The Morgan fingerprint density at radius 3 is 2.26 bits per heavy atom. The quantitative estimate of drug-likeness (QED) is 0.792. The summed E-state index contributed by atoms with van der Waals surface area (Å²) in [6.45, 7) is 3.09. The molecule has 0 radical (unpaired) electrons. The molecular weight excluding hydrogens is 301 g/mol. The van der Waals surface area contributed by atoms with Crippen molar-refractivity contribution in [3.8, 4) is 0 Å². The number of rotatable bonds is 4. The van der Waals surface area contributed by atoms with E-state index < -0.39 is 24.0 Å². The lowest BCUT2D eigenvalue weighted by Gasteiger charge is -2.32. The predicted molar refractivity (Wildman–Crippen MR) is 85.0 cm³/mol. The number of benzene rings is 1. The Morgan fingerprint density at radius 2 is 1.78 bits per heavy atom. The van der Waals surface area contributed by atoms with Gasteiger partial charge in [0.05, 0.1) is 5.92 Å². The second-order valence-electron chi connectivity index (χ2n) is 5.79. The number of nitrogens with one attached hydrogen (secondary N) is 1. The van der Waals surface area contributed by atoms with Gasteiger partial charge >= 0.3 is 5.97 Å². The van der Waals surface area contributed by atoms with Gasteiger partial charge in [-0.05, 0) is 31.7 Å². The van der Waals surface area contributed by atoms with Crippen LogP contribution in [-0.2, 0) is 9.59 Å². The van der Waals surface area contributed by atoms with Crippen molar-refractivity contribution >= 4 is 11.9 Å².